The van der Waals surface area contributed by atoms with Crippen molar-refractivity contribution in [2.75, 3.05) is 7.11 Å². The van der Waals surface area contributed by atoms with Crippen LogP contribution in [0, 0.1) is 5.82 Å². The predicted octanol–water partition coefficient (Wildman–Crippen LogP) is 2.83. The molecule has 2 rings (SSSR count). The van der Waals surface area contributed by atoms with Crippen molar-refractivity contribution >= 4 is 0 Å². The van der Waals surface area contributed by atoms with Crippen LogP contribution < -0.4 is 15.2 Å². The van der Waals surface area contributed by atoms with Crippen molar-refractivity contribution in [2.45, 2.75) is 19.6 Å². The van der Waals surface area contributed by atoms with Crippen molar-refractivity contribution < 1.29 is 13.9 Å². The van der Waals surface area contributed by atoms with Crippen LogP contribution in [0.4, 0.5) is 4.39 Å². The summed E-state index contributed by atoms with van der Waals surface area (Å²) in [6.45, 7) is 2.06. The van der Waals surface area contributed by atoms with Gasteiger partial charge in [0.25, 0.3) is 0 Å². The monoisotopic (exact) mass is 276 g/mol. The van der Waals surface area contributed by atoms with Crippen LogP contribution in [0.1, 0.15) is 24.1 Å². The molecule has 0 spiro atoms. The van der Waals surface area contributed by atoms with Gasteiger partial charge in [-0.2, -0.15) is 0 Å². The number of hydrogen-bond acceptors (Lipinski definition) is 4. The SMILES string of the molecule is COc1ncccc1COc1ccc(F)cc1[C@@H](C)N. The number of ether oxygens (including phenoxy) is 2. The highest BCUT2D eigenvalue weighted by Gasteiger charge is 2.11. The molecule has 1 atom stereocenters. The van der Waals surface area contributed by atoms with E-state index in [9.17, 15) is 4.39 Å². The Hall–Kier alpha value is -2.14. The lowest BCUT2D eigenvalue weighted by Gasteiger charge is -2.15. The summed E-state index contributed by atoms with van der Waals surface area (Å²) in [6.07, 6.45) is 1.65. The van der Waals surface area contributed by atoms with Crippen molar-refractivity contribution in [3.8, 4) is 11.6 Å². The molecule has 0 aliphatic carbocycles. The van der Waals surface area contributed by atoms with Crippen molar-refractivity contribution in [2.24, 2.45) is 5.73 Å². The molecule has 0 radical (unpaired) electrons. The number of nitrogens with zero attached hydrogens (tertiary/aromatic N) is 1. The van der Waals surface area contributed by atoms with Crippen molar-refractivity contribution in [3.63, 3.8) is 0 Å². The molecular formula is C15H17FN2O2. The van der Waals surface area contributed by atoms with Crippen LogP contribution in [0.5, 0.6) is 11.6 Å². The number of methoxy groups -OCH3 is 1. The third-order valence-electron chi connectivity index (χ3n) is 2.89. The van der Waals surface area contributed by atoms with Crippen LogP contribution in [0.2, 0.25) is 0 Å². The second kappa shape index (κ2) is 6.34. The van der Waals surface area contributed by atoms with Gasteiger partial charge in [-0.25, -0.2) is 9.37 Å². The highest BCUT2D eigenvalue weighted by molar-refractivity contribution is 5.36. The third kappa shape index (κ3) is 3.24. The summed E-state index contributed by atoms with van der Waals surface area (Å²) >= 11 is 0. The molecule has 0 aliphatic heterocycles. The highest BCUT2D eigenvalue weighted by Crippen LogP contribution is 2.26. The van der Waals surface area contributed by atoms with Gasteiger partial charge < -0.3 is 15.2 Å². The summed E-state index contributed by atoms with van der Waals surface area (Å²) in [5.41, 5.74) is 7.27. The summed E-state index contributed by atoms with van der Waals surface area (Å²) in [5, 5.41) is 0. The Kier molecular flexibility index (Phi) is 4.53. The maximum Gasteiger partial charge on any atom is 0.219 e. The van der Waals surface area contributed by atoms with E-state index in [-0.39, 0.29) is 18.5 Å². The van der Waals surface area contributed by atoms with E-state index in [4.69, 9.17) is 15.2 Å². The van der Waals surface area contributed by atoms with Gasteiger partial charge in [-0.15, -0.1) is 0 Å². The van der Waals surface area contributed by atoms with Crippen molar-refractivity contribution in [1.82, 2.24) is 4.98 Å². The van der Waals surface area contributed by atoms with Gasteiger partial charge in [0.05, 0.1) is 12.7 Å². The van der Waals surface area contributed by atoms with Crippen LogP contribution in [0.3, 0.4) is 0 Å². The van der Waals surface area contributed by atoms with E-state index in [2.05, 4.69) is 4.98 Å². The van der Waals surface area contributed by atoms with E-state index in [1.54, 1.807) is 32.4 Å². The van der Waals surface area contributed by atoms with Gasteiger partial charge in [0.15, 0.2) is 0 Å². The van der Waals surface area contributed by atoms with Gasteiger partial charge in [-0.3, -0.25) is 0 Å². The quantitative estimate of drug-likeness (QED) is 0.912. The number of rotatable bonds is 5. The predicted molar refractivity (Wildman–Crippen MR) is 74.1 cm³/mol. The molecule has 5 heteroatoms. The van der Waals surface area contributed by atoms with Gasteiger partial charge in [-0.05, 0) is 37.3 Å². The molecule has 2 aromatic rings. The standard InChI is InChI=1S/C15H17FN2O2/c1-10(17)13-8-12(16)5-6-14(13)20-9-11-4-3-7-18-15(11)19-2/h3-8,10H,9,17H2,1-2H3/t10-/m1/s1. The fourth-order valence-electron chi connectivity index (χ4n) is 1.88. The molecule has 20 heavy (non-hydrogen) atoms. The molecule has 0 saturated carbocycles. The first-order chi connectivity index (χ1) is 9.61. The van der Waals surface area contributed by atoms with Gasteiger partial charge >= 0.3 is 0 Å². The van der Waals surface area contributed by atoms with E-state index >= 15 is 0 Å². The minimum atomic E-state index is -0.330. The molecule has 1 aromatic heterocycles. The summed E-state index contributed by atoms with van der Waals surface area (Å²) in [5.74, 6) is 0.743. The zero-order chi connectivity index (χ0) is 14.5. The first-order valence-electron chi connectivity index (χ1n) is 6.27. The zero-order valence-corrected chi connectivity index (χ0v) is 11.5. The van der Waals surface area contributed by atoms with Crippen molar-refractivity contribution in [1.29, 1.82) is 0 Å². The van der Waals surface area contributed by atoms with Crippen LogP contribution in [0.25, 0.3) is 0 Å². The van der Waals surface area contributed by atoms with Gasteiger partial charge in [0.2, 0.25) is 5.88 Å². The van der Waals surface area contributed by atoms with Crippen LogP contribution >= 0.6 is 0 Å². The first-order valence-corrected chi connectivity index (χ1v) is 6.27. The third-order valence-corrected chi connectivity index (χ3v) is 2.89. The number of nitrogens with two attached hydrogens (primary N) is 1. The molecule has 106 valence electrons. The van der Waals surface area contributed by atoms with E-state index < -0.39 is 0 Å². The Labute approximate surface area is 117 Å². The number of halogens is 1. The maximum atomic E-state index is 13.2. The molecule has 1 heterocycles. The largest absolute Gasteiger partial charge is 0.488 e. The van der Waals surface area contributed by atoms with Crippen LogP contribution in [-0.2, 0) is 6.61 Å². The number of aromatic nitrogens is 1. The smallest absolute Gasteiger partial charge is 0.219 e. The fraction of sp³-hybridized carbons (Fsp3) is 0.267. The van der Waals surface area contributed by atoms with E-state index in [0.29, 0.717) is 17.2 Å². The van der Waals surface area contributed by atoms with Crippen LogP contribution in [-0.4, -0.2) is 12.1 Å². The molecule has 2 N–H and O–H groups in total. The van der Waals surface area contributed by atoms with E-state index in [1.165, 1.54) is 12.1 Å². The molecule has 4 nitrogen and oxygen atoms in total. The molecule has 0 bridgehead atoms. The summed E-state index contributed by atoms with van der Waals surface area (Å²) in [6, 6.07) is 7.68. The Morgan fingerprint density at radius 1 is 1.35 bits per heavy atom. The lowest BCUT2D eigenvalue weighted by Crippen LogP contribution is -2.09. The maximum absolute atomic E-state index is 13.2. The molecule has 0 saturated heterocycles. The van der Waals surface area contributed by atoms with Crippen molar-refractivity contribution in [3.05, 3.63) is 53.5 Å². The molecule has 0 amide bonds. The first kappa shape index (κ1) is 14.3. The Balaban J connectivity index is 2.19. The molecule has 1 aromatic carbocycles. The second-order valence-corrected chi connectivity index (χ2v) is 4.43. The Morgan fingerprint density at radius 3 is 2.85 bits per heavy atom. The second-order valence-electron chi connectivity index (χ2n) is 4.43. The molecule has 0 fully saturated rings. The van der Waals surface area contributed by atoms with E-state index in [1.807, 2.05) is 6.07 Å². The average Bonchev–Trinajstić information content (AvgIpc) is 2.46. The normalized spacial score (nSPS) is 12.0. The minimum absolute atomic E-state index is 0.280. The molecular weight excluding hydrogens is 259 g/mol. The van der Waals surface area contributed by atoms with Gasteiger partial charge in [0, 0.05) is 17.8 Å². The minimum Gasteiger partial charge on any atom is -0.488 e. The molecule has 0 aliphatic rings. The van der Waals surface area contributed by atoms with Gasteiger partial charge in [-0.1, -0.05) is 0 Å². The highest BCUT2D eigenvalue weighted by atomic mass is 19.1. The Bertz CT molecular complexity index is 588. The Morgan fingerprint density at radius 2 is 2.15 bits per heavy atom. The topological polar surface area (TPSA) is 57.4 Å². The fourth-order valence-corrected chi connectivity index (χ4v) is 1.88. The lowest BCUT2D eigenvalue weighted by molar-refractivity contribution is 0.289. The van der Waals surface area contributed by atoms with Crippen LogP contribution in [0.15, 0.2) is 36.5 Å². The van der Waals surface area contributed by atoms with Gasteiger partial charge in [0.1, 0.15) is 18.2 Å². The lowest BCUT2D eigenvalue weighted by atomic mass is 10.1. The summed E-state index contributed by atoms with van der Waals surface area (Å²) < 4.78 is 24.1. The number of hydrogen-bond donors (Lipinski definition) is 1. The average molecular weight is 276 g/mol. The molecule has 0 unspecified atom stereocenters. The van der Waals surface area contributed by atoms with E-state index in [0.717, 1.165) is 5.56 Å². The number of pyridine rings is 1. The number of benzene rings is 1. The summed E-state index contributed by atoms with van der Waals surface area (Å²) in [7, 11) is 1.55. The summed E-state index contributed by atoms with van der Waals surface area (Å²) in [4.78, 5) is 4.09. The zero-order valence-electron chi connectivity index (χ0n) is 11.5.